The Balaban J connectivity index is 1.49. The normalized spacial score (nSPS) is 17.2. The van der Waals surface area contributed by atoms with Gasteiger partial charge in [-0.15, -0.1) is 0 Å². The van der Waals surface area contributed by atoms with Crippen molar-refractivity contribution in [3.8, 4) is 22.8 Å². The van der Waals surface area contributed by atoms with Gasteiger partial charge in [0.2, 0.25) is 0 Å². The Hall–Kier alpha value is -3.16. The monoisotopic (exact) mass is 479 g/mol. The van der Waals surface area contributed by atoms with Gasteiger partial charge in [-0.25, -0.2) is 9.97 Å². The van der Waals surface area contributed by atoms with Gasteiger partial charge < -0.3 is 21.1 Å². The number of nitrogens with zero attached hydrogens (tertiary/aromatic N) is 2. The predicted molar refractivity (Wildman–Crippen MR) is 135 cm³/mol. The van der Waals surface area contributed by atoms with Crippen LogP contribution in [0.1, 0.15) is 50.9 Å². The summed E-state index contributed by atoms with van der Waals surface area (Å²) in [4.78, 5) is 21.1. The van der Waals surface area contributed by atoms with Gasteiger partial charge >= 0.3 is 0 Å². The van der Waals surface area contributed by atoms with Crippen molar-refractivity contribution in [2.24, 2.45) is 0 Å². The van der Waals surface area contributed by atoms with Crippen molar-refractivity contribution in [1.29, 1.82) is 0 Å². The SMILES string of the molecule is CC1(C)CC(NC(=O)c2ccc(Oc3cccc(-c4ccncn4)c3N)c(Cl)c2)CC(C)(C)N1. The molecule has 0 radical (unpaired) electrons. The van der Waals surface area contributed by atoms with Gasteiger partial charge in [-0.05, 0) is 70.9 Å². The second-order valence-corrected chi connectivity index (χ2v) is 10.4. The number of ether oxygens (including phenoxy) is 1. The van der Waals surface area contributed by atoms with Crippen LogP contribution in [0.25, 0.3) is 11.3 Å². The minimum absolute atomic E-state index is 0.0602. The number of hydrogen-bond donors (Lipinski definition) is 3. The lowest BCUT2D eigenvalue weighted by Crippen LogP contribution is -2.62. The van der Waals surface area contributed by atoms with Crippen LogP contribution in [0.15, 0.2) is 55.0 Å². The summed E-state index contributed by atoms with van der Waals surface area (Å²) in [6.07, 6.45) is 4.81. The molecule has 1 fully saturated rings. The smallest absolute Gasteiger partial charge is 0.251 e. The van der Waals surface area contributed by atoms with E-state index in [-0.39, 0.29) is 23.0 Å². The Morgan fingerprint density at radius 2 is 1.85 bits per heavy atom. The summed E-state index contributed by atoms with van der Waals surface area (Å²) in [6.45, 7) is 8.62. The second kappa shape index (κ2) is 9.24. The number of amides is 1. The lowest BCUT2D eigenvalue weighted by atomic mass is 9.79. The van der Waals surface area contributed by atoms with Crippen LogP contribution in [0, 0.1) is 0 Å². The zero-order valence-corrected chi connectivity index (χ0v) is 20.6. The number of para-hydroxylation sites is 1. The molecule has 1 aliphatic heterocycles. The summed E-state index contributed by atoms with van der Waals surface area (Å²) >= 11 is 6.49. The summed E-state index contributed by atoms with van der Waals surface area (Å²) in [5.41, 5.74) is 8.57. The standard InChI is InChI=1S/C26H30ClN5O2/c1-25(2)13-17(14-26(3,4)32-25)31-24(33)16-8-9-21(19(27)12-16)34-22-7-5-6-18(23(22)28)20-10-11-29-15-30-20/h5-12,15,17,32H,13-14,28H2,1-4H3,(H,31,33). The molecular weight excluding hydrogens is 450 g/mol. The van der Waals surface area contributed by atoms with Gasteiger partial charge in [0, 0.05) is 34.4 Å². The number of benzene rings is 2. The number of aromatic nitrogens is 2. The summed E-state index contributed by atoms with van der Waals surface area (Å²) in [6, 6.07) is 12.3. The van der Waals surface area contributed by atoms with Crippen LogP contribution in [0.2, 0.25) is 5.02 Å². The topological polar surface area (TPSA) is 102 Å². The van der Waals surface area contributed by atoms with E-state index < -0.39 is 0 Å². The van der Waals surface area contributed by atoms with Crippen LogP contribution in [0.5, 0.6) is 11.5 Å². The average Bonchev–Trinajstić information content (AvgIpc) is 2.74. The lowest BCUT2D eigenvalue weighted by molar-refractivity contribution is 0.0873. The third kappa shape index (κ3) is 5.48. The lowest BCUT2D eigenvalue weighted by Gasteiger charge is -2.46. The highest BCUT2D eigenvalue weighted by Gasteiger charge is 2.38. The van der Waals surface area contributed by atoms with Crippen LogP contribution >= 0.6 is 11.6 Å². The first-order valence-electron chi connectivity index (χ1n) is 11.3. The van der Waals surface area contributed by atoms with Crippen LogP contribution in [-0.4, -0.2) is 33.0 Å². The number of hydrogen-bond acceptors (Lipinski definition) is 6. The molecular formula is C26H30ClN5O2. The quantitative estimate of drug-likeness (QED) is 0.434. The van der Waals surface area contributed by atoms with E-state index in [1.54, 1.807) is 36.5 Å². The van der Waals surface area contributed by atoms with Gasteiger partial charge in [0.05, 0.1) is 16.4 Å². The maximum atomic E-state index is 12.9. The van der Waals surface area contributed by atoms with Crippen molar-refractivity contribution >= 4 is 23.2 Å². The average molecular weight is 480 g/mol. The minimum atomic E-state index is -0.155. The molecule has 0 bridgehead atoms. The molecule has 4 N–H and O–H groups in total. The maximum Gasteiger partial charge on any atom is 0.251 e. The van der Waals surface area contributed by atoms with E-state index in [0.29, 0.717) is 33.5 Å². The molecule has 0 spiro atoms. The Morgan fingerprint density at radius 1 is 1.12 bits per heavy atom. The van der Waals surface area contributed by atoms with E-state index in [9.17, 15) is 4.79 Å². The van der Waals surface area contributed by atoms with Gasteiger partial charge in [-0.1, -0.05) is 23.7 Å². The highest BCUT2D eigenvalue weighted by atomic mass is 35.5. The Labute approximate surface area is 205 Å². The van der Waals surface area contributed by atoms with Crippen molar-refractivity contribution < 1.29 is 9.53 Å². The molecule has 0 aliphatic carbocycles. The molecule has 7 nitrogen and oxygen atoms in total. The van der Waals surface area contributed by atoms with Crippen molar-refractivity contribution in [2.75, 3.05) is 5.73 Å². The number of anilines is 1. The second-order valence-electron chi connectivity index (χ2n) is 10.0. The molecule has 0 unspecified atom stereocenters. The van der Waals surface area contributed by atoms with Crippen molar-refractivity contribution in [3.63, 3.8) is 0 Å². The van der Waals surface area contributed by atoms with E-state index in [2.05, 4.69) is 48.3 Å². The molecule has 3 aromatic rings. The number of rotatable bonds is 5. The van der Waals surface area contributed by atoms with E-state index in [1.165, 1.54) is 6.33 Å². The first-order valence-corrected chi connectivity index (χ1v) is 11.6. The Kier molecular flexibility index (Phi) is 6.51. The number of nitrogens with two attached hydrogens (primary N) is 1. The number of nitrogens with one attached hydrogen (secondary N) is 2. The first-order chi connectivity index (χ1) is 16.0. The molecule has 1 aliphatic rings. The molecule has 2 aromatic carbocycles. The maximum absolute atomic E-state index is 12.9. The molecule has 1 saturated heterocycles. The van der Waals surface area contributed by atoms with Gasteiger partial charge in [-0.2, -0.15) is 0 Å². The molecule has 0 saturated carbocycles. The zero-order chi connectivity index (χ0) is 24.5. The van der Waals surface area contributed by atoms with Gasteiger partial charge in [0.25, 0.3) is 5.91 Å². The van der Waals surface area contributed by atoms with E-state index in [1.807, 2.05) is 12.1 Å². The number of halogens is 1. The Bertz CT molecular complexity index is 1180. The fraction of sp³-hybridized carbons (Fsp3) is 0.346. The molecule has 1 amide bonds. The molecule has 1 aromatic heterocycles. The van der Waals surface area contributed by atoms with Gasteiger partial charge in [0.1, 0.15) is 12.1 Å². The van der Waals surface area contributed by atoms with Crippen LogP contribution in [-0.2, 0) is 0 Å². The molecule has 34 heavy (non-hydrogen) atoms. The molecule has 178 valence electrons. The minimum Gasteiger partial charge on any atom is -0.454 e. The van der Waals surface area contributed by atoms with E-state index in [0.717, 1.165) is 18.4 Å². The van der Waals surface area contributed by atoms with Gasteiger partial charge in [-0.3, -0.25) is 4.79 Å². The zero-order valence-electron chi connectivity index (χ0n) is 19.9. The predicted octanol–water partition coefficient (Wildman–Crippen LogP) is 5.21. The molecule has 0 atom stereocenters. The van der Waals surface area contributed by atoms with Crippen LogP contribution < -0.4 is 21.1 Å². The fourth-order valence-electron chi connectivity index (χ4n) is 4.84. The molecule has 2 heterocycles. The molecule has 8 heteroatoms. The number of piperidine rings is 1. The van der Waals surface area contributed by atoms with Gasteiger partial charge in [0.15, 0.2) is 5.75 Å². The van der Waals surface area contributed by atoms with Crippen molar-refractivity contribution in [1.82, 2.24) is 20.6 Å². The van der Waals surface area contributed by atoms with Crippen LogP contribution in [0.3, 0.4) is 0 Å². The summed E-state index contributed by atoms with van der Waals surface area (Å²) in [5, 5.41) is 7.12. The number of carbonyl (C=O) groups is 1. The highest BCUT2D eigenvalue weighted by Crippen LogP contribution is 2.37. The molecule has 4 rings (SSSR count). The Morgan fingerprint density at radius 3 is 2.50 bits per heavy atom. The summed E-state index contributed by atoms with van der Waals surface area (Å²) in [7, 11) is 0. The third-order valence-electron chi connectivity index (χ3n) is 5.86. The third-order valence-corrected chi connectivity index (χ3v) is 6.16. The number of nitrogen functional groups attached to an aromatic ring is 1. The highest BCUT2D eigenvalue weighted by molar-refractivity contribution is 6.32. The van der Waals surface area contributed by atoms with E-state index >= 15 is 0 Å². The summed E-state index contributed by atoms with van der Waals surface area (Å²) in [5.74, 6) is 0.709. The fourth-order valence-corrected chi connectivity index (χ4v) is 5.06. The summed E-state index contributed by atoms with van der Waals surface area (Å²) < 4.78 is 6.00. The van der Waals surface area contributed by atoms with Crippen molar-refractivity contribution in [3.05, 3.63) is 65.6 Å². The van der Waals surface area contributed by atoms with Crippen LogP contribution in [0.4, 0.5) is 5.69 Å². The number of carbonyl (C=O) groups excluding carboxylic acids is 1. The van der Waals surface area contributed by atoms with E-state index in [4.69, 9.17) is 22.1 Å². The van der Waals surface area contributed by atoms with Crippen molar-refractivity contribution in [2.45, 2.75) is 57.7 Å². The first kappa shape index (κ1) is 24.0. The largest absolute Gasteiger partial charge is 0.454 e.